The zero-order valence-corrected chi connectivity index (χ0v) is 21.9. The molecule has 0 fully saturated rings. The Bertz CT molecular complexity index is 754. The second-order valence-corrected chi connectivity index (χ2v) is 12.1. The molecule has 0 bridgehead atoms. The molecule has 33 heavy (non-hydrogen) atoms. The Morgan fingerprint density at radius 2 is 0.939 bits per heavy atom. The third-order valence-electron chi connectivity index (χ3n) is 4.78. The van der Waals surface area contributed by atoms with E-state index in [4.69, 9.17) is 18.4 Å². The van der Waals surface area contributed by atoms with Crippen LogP contribution in [0.5, 0.6) is 0 Å². The van der Waals surface area contributed by atoms with Crippen molar-refractivity contribution in [3.63, 3.8) is 0 Å². The highest BCUT2D eigenvalue weighted by molar-refractivity contribution is 7.79. The molecular formula is C27H37O4PSi. The number of aliphatic hydroxyl groups excluding tert-OH is 1. The fourth-order valence-corrected chi connectivity index (χ4v) is 8.37. The molecule has 4 nitrogen and oxygen atoms in total. The van der Waals surface area contributed by atoms with Crippen molar-refractivity contribution in [3.05, 3.63) is 91.0 Å². The molecule has 178 valence electrons. The largest absolute Gasteiger partial charge is 0.501 e. The number of aliphatic hydroxyl groups is 1. The maximum absolute atomic E-state index is 8.79. The van der Waals surface area contributed by atoms with Crippen LogP contribution in [0.1, 0.15) is 27.2 Å². The highest BCUT2D eigenvalue weighted by Crippen LogP contribution is 2.32. The van der Waals surface area contributed by atoms with Gasteiger partial charge in [0.25, 0.3) is 0 Å². The van der Waals surface area contributed by atoms with Gasteiger partial charge in [0.15, 0.2) is 0 Å². The third kappa shape index (κ3) is 9.13. The predicted octanol–water partition coefficient (Wildman–Crippen LogP) is 4.86. The van der Waals surface area contributed by atoms with E-state index < -0.39 is 16.7 Å². The van der Waals surface area contributed by atoms with E-state index in [1.165, 1.54) is 15.9 Å². The molecule has 0 aromatic heterocycles. The summed E-state index contributed by atoms with van der Waals surface area (Å²) in [5.74, 6) is 0. The molecular weight excluding hydrogens is 447 g/mol. The average molecular weight is 485 g/mol. The lowest BCUT2D eigenvalue weighted by Crippen LogP contribution is -2.46. The average Bonchev–Trinajstić information content (AvgIpc) is 2.86. The van der Waals surface area contributed by atoms with Gasteiger partial charge in [0.1, 0.15) is 0 Å². The minimum absolute atomic E-state index is 0.155. The summed E-state index contributed by atoms with van der Waals surface area (Å²) in [5.41, 5.74) is 0. The second-order valence-electron chi connectivity index (χ2n) is 7.15. The highest BCUT2D eigenvalue weighted by Gasteiger charge is 2.39. The molecule has 0 radical (unpaired) electrons. The van der Waals surface area contributed by atoms with Crippen molar-refractivity contribution in [1.29, 1.82) is 0 Å². The van der Waals surface area contributed by atoms with Crippen LogP contribution in [-0.4, -0.2) is 40.3 Å². The van der Waals surface area contributed by atoms with Crippen LogP contribution < -0.4 is 15.9 Å². The van der Waals surface area contributed by atoms with E-state index in [0.29, 0.717) is 32.3 Å². The van der Waals surface area contributed by atoms with E-state index in [-0.39, 0.29) is 6.61 Å². The van der Waals surface area contributed by atoms with E-state index in [9.17, 15) is 0 Å². The van der Waals surface area contributed by atoms with Gasteiger partial charge in [-0.05, 0) is 51.0 Å². The molecule has 0 amide bonds. The summed E-state index contributed by atoms with van der Waals surface area (Å²) in [7, 11) is -2.92. The first kappa shape index (κ1) is 27.4. The molecule has 0 atom stereocenters. The van der Waals surface area contributed by atoms with Crippen LogP contribution in [-0.2, 0) is 13.3 Å². The van der Waals surface area contributed by atoms with Crippen LogP contribution in [0.15, 0.2) is 91.0 Å². The molecule has 0 spiro atoms. The van der Waals surface area contributed by atoms with Gasteiger partial charge in [-0.1, -0.05) is 91.0 Å². The number of rotatable bonds is 12. The maximum atomic E-state index is 8.79. The molecule has 3 rings (SSSR count). The van der Waals surface area contributed by atoms with Crippen LogP contribution in [0.4, 0.5) is 0 Å². The topological polar surface area (TPSA) is 47.9 Å². The summed E-state index contributed by atoms with van der Waals surface area (Å²) in [4.78, 5) is 0. The first-order valence-corrected chi connectivity index (χ1v) is 14.9. The molecule has 6 heteroatoms. The lowest BCUT2D eigenvalue weighted by atomic mass is 10.4. The maximum Gasteiger partial charge on any atom is 0.501 e. The molecule has 0 unspecified atom stereocenters. The van der Waals surface area contributed by atoms with Crippen molar-refractivity contribution in [2.75, 3.05) is 26.4 Å². The normalized spacial score (nSPS) is 11.2. The molecule has 0 aliphatic heterocycles. The fourth-order valence-electron chi connectivity index (χ4n) is 3.48. The zero-order chi connectivity index (χ0) is 23.8. The number of hydrogen-bond donors (Lipinski definition) is 1. The number of hydrogen-bond acceptors (Lipinski definition) is 4. The molecule has 3 aromatic carbocycles. The van der Waals surface area contributed by atoms with Crippen LogP contribution >= 0.6 is 7.92 Å². The Balaban J connectivity index is 0.000000248. The van der Waals surface area contributed by atoms with Crippen molar-refractivity contribution in [1.82, 2.24) is 0 Å². The SMILES string of the molecule is CCO[Si](CCCO)(OCC)OCC.c1ccc(P(c2ccccc2)c2ccccc2)cc1. The van der Waals surface area contributed by atoms with E-state index >= 15 is 0 Å². The monoisotopic (exact) mass is 484 g/mol. The Hall–Kier alpha value is -1.85. The quantitative estimate of drug-likeness (QED) is 0.295. The highest BCUT2D eigenvalue weighted by atomic mass is 31.1. The Labute approximate surface area is 201 Å². The van der Waals surface area contributed by atoms with Gasteiger partial charge in [0, 0.05) is 32.5 Å². The van der Waals surface area contributed by atoms with E-state index in [1.807, 2.05) is 20.8 Å². The lowest BCUT2D eigenvalue weighted by molar-refractivity contribution is 0.0693. The van der Waals surface area contributed by atoms with Crippen LogP contribution in [0, 0.1) is 0 Å². The zero-order valence-electron chi connectivity index (χ0n) is 20.0. The van der Waals surface area contributed by atoms with Crippen molar-refractivity contribution < 1.29 is 18.4 Å². The third-order valence-corrected chi connectivity index (χ3v) is 10.4. The van der Waals surface area contributed by atoms with Crippen LogP contribution in [0.2, 0.25) is 6.04 Å². The van der Waals surface area contributed by atoms with E-state index in [0.717, 1.165) is 0 Å². The summed E-state index contributed by atoms with van der Waals surface area (Å²) in [6, 6.07) is 33.0. The minimum atomic E-state index is -2.48. The molecule has 1 N–H and O–H groups in total. The Kier molecular flexibility index (Phi) is 13.2. The van der Waals surface area contributed by atoms with E-state index in [1.54, 1.807) is 0 Å². The van der Waals surface area contributed by atoms with Crippen molar-refractivity contribution >= 4 is 32.6 Å². The number of benzene rings is 3. The molecule has 0 aliphatic rings. The standard InChI is InChI=1S/C18H15P.C9H22O4Si/c1-4-10-16(11-5-1)19(17-12-6-2-7-13-17)18-14-8-3-9-15-18;1-4-11-14(12-5-2,13-6-3)9-7-8-10/h1-15H;10H,4-9H2,1-3H3. The van der Waals surface area contributed by atoms with Gasteiger partial charge < -0.3 is 18.4 Å². The molecule has 0 saturated carbocycles. The van der Waals surface area contributed by atoms with Crippen molar-refractivity contribution in [3.8, 4) is 0 Å². The minimum Gasteiger partial charge on any atom is -0.396 e. The van der Waals surface area contributed by atoms with Gasteiger partial charge in [-0.25, -0.2) is 0 Å². The molecule has 0 heterocycles. The van der Waals surface area contributed by atoms with Crippen LogP contribution in [0.25, 0.3) is 0 Å². The molecule has 0 saturated heterocycles. The summed E-state index contributed by atoms with van der Waals surface area (Å²) in [6.45, 7) is 7.73. The lowest BCUT2D eigenvalue weighted by Gasteiger charge is -2.28. The van der Waals surface area contributed by atoms with Gasteiger partial charge >= 0.3 is 8.80 Å². The van der Waals surface area contributed by atoms with Crippen molar-refractivity contribution in [2.45, 2.75) is 33.2 Å². The Morgan fingerprint density at radius 3 is 1.21 bits per heavy atom. The first-order valence-electron chi connectivity index (χ1n) is 11.7. The van der Waals surface area contributed by atoms with Gasteiger partial charge in [-0.15, -0.1) is 0 Å². The summed E-state index contributed by atoms with van der Waals surface area (Å²) in [5, 5.41) is 13.0. The van der Waals surface area contributed by atoms with Gasteiger partial charge in [-0.3, -0.25) is 0 Å². The summed E-state index contributed by atoms with van der Waals surface area (Å²) in [6.07, 6.45) is 0.673. The van der Waals surface area contributed by atoms with E-state index in [2.05, 4.69) is 91.0 Å². The fraction of sp³-hybridized carbons (Fsp3) is 0.333. The van der Waals surface area contributed by atoms with Gasteiger partial charge in [0.2, 0.25) is 0 Å². The predicted molar refractivity (Wildman–Crippen MR) is 142 cm³/mol. The van der Waals surface area contributed by atoms with Gasteiger partial charge in [0.05, 0.1) is 0 Å². The summed E-state index contributed by atoms with van der Waals surface area (Å²) >= 11 is 0. The molecule has 0 aliphatic carbocycles. The van der Waals surface area contributed by atoms with Crippen LogP contribution in [0.3, 0.4) is 0 Å². The van der Waals surface area contributed by atoms with Gasteiger partial charge in [-0.2, -0.15) is 0 Å². The second kappa shape index (κ2) is 15.9. The summed E-state index contributed by atoms with van der Waals surface area (Å²) < 4.78 is 16.8. The smallest absolute Gasteiger partial charge is 0.396 e. The first-order chi connectivity index (χ1) is 16.2. The molecule has 3 aromatic rings. The van der Waals surface area contributed by atoms with Crippen molar-refractivity contribution in [2.24, 2.45) is 0 Å². The Morgan fingerprint density at radius 1 is 0.606 bits per heavy atom.